The summed E-state index contributed by atoms with van der Waals surface area (Å²) in [7, 11) is 0. The van der Waals surface area contributed by atoms with Crippen LogP contribution in [-0.2, 0) is 6.42 Å². The number of anilines is 1. The molecule has 0 amide bonds. The maximum atomic E-state index is 5.89. The number of hydrazine groups is 1. The number of hydrogen-bond acceptors (Lipinski definition) is 5. The highest BCUT2D eigenvalue weighted by atomic mass is 79.9. The van der Waals surface area contributed by atoms with Crippen molar-refractivity contribution in [3.8, 4) is 11.6 Å². The average Bonchev–Trinajstić information content (AvgIpc) is 2.41. The zero-order valence-corrected chi connectivity index (χ0v) is 12.5. The summed E-state index contributed by atoms with van der Waals surface area (Å²) < 4.78 is 6.53. The summed E-state index contributed by atoms with van der Waals surface area (Å²) in [4.78, 5) is 8.18. The molecule has 0 radical (unpaired) electrons. The van der Waals surface area contributed by atoms with Gasteiger partial charge in [0.1, 0.15) is 17.9 Å². The van der Waals surface area contributed by atoms with Gasteiger partial charge in [-0.3, -0.25) is 0 Å². The lowest BCUT2D eigenvalue weighted by atomic mass is 10.2. The molecule has 0 saturated heterocycles. The van der Waals surface area contributed by atoms with Crippen molar-refractivity contribution in [2.24, 2.45) is 5.84 Å². The molecule has 2 aromatic rings. The molecule has 7 heteroatoms. The van der Waals surface area contributed by atoms with E-state index >= 15 is 0 Å². The van der Waals surface area contributed by atoms with Gasteiger partial charge in [0.2, 0.25) is 5.88 Å². The lowest BCUT2D eigenvalue weighted by molar-refractivity contribution is 0.453. The first-order chi connectivity index (χ1) is 9.15. The molecule has 0 saturated carbocycles. The monoisotopic (exact) mass is 342 g/mol. The minimum absolute atomic E-state index is 0.466. The van der Waals surface area contributed by atoms with E-state index in [9.17, 15) is 0 Å². The first-order valence-electron chi connectivity index (χ1n) is 5.59. The first-order valence-corrected chi connectivity index (χ1v) is 6.76. The Kier molecular flexibility index (Phi) is 4.57. The van der Waals surface area contributed by atoms with Crippen LogP contribution in [0.4, 0.5) is 5.82 Å². The fourth-order valence-electron chi connectivity index (χ4n) is 1.59. The van der Waals surface area contributed by atoms with Gasteiger partial charge in [-0.1, -0.05) is 18.5 Å². The van der Waals surface area contributed by atoms with E-state index in [-0.39, 0.29) is 0 Å². The van der Waals surface area contributed by atoms with E-state index < -0.39 is 0 Å². The number of nitrogens with two attached hydrogens (primary N) is 1. The minimum atomic E-state index is 0.466. The molecule has 1 aromatic heterocycles. The van der Waals surface area contributed by atoms with Crippen molar-refractivity contribution >= 4 is 33.3 Å². The molecule has 0 fully saturated rings. The van der Waals surface area contributed by atoms with E-state index in [1.54, 1.807) is 18.2 Å². The van der Waals surface area contributed by atoms with Crippen molar-refractivity contribution < 1.29 is 4.74 Å². The van der Waals surface area contributed by atoms with Gasteiger partial charge >= 0.3 is 0 Å². The smallest absolute Gasteiger partial charge is 0.227 e. The van der Waals surface area contributed by atoms with Crippen molar-refractivity contribution in [1.82, 2.24) is 9.97 Å². The largest absolute Gasteiger partial charge is 0.437 e. The van der Waals surface area contributed by atoms with Crippen LogP contribution >= 0.6 is 27.5 Å². The van der Waals surface area contributed by atoms with Crippen LogP contribution in [0, 0.1) is 0 Å². The minimum Gasteiger partial charge on any atom is -0.437 e. The molecule has 0 aliphatic rings. The van der Waals surface area contributed by atoms with Gasteiger partial charge in [0, 0.05) is 5.02 Å². The van der Waals surface area contributed by atoms with Crippen molar-refractivity contribution in [3.63, 3.8) is 0 Å². The Bertz CT molecular complexity index is 594. The number of ether oxygens (including phenoxy) is 1. The fourth-order valence-corrected chi connectivity index (χ4v) is 2.35. The van der Waals surface area contributed by atoms with Crippen molar-refractivity contribution in [1.29, 1.82) is 0 Å². The van der Waals surface area contributed by atoms with Gasteiger partial charge in [-0.05, 0) is 40.5 Å². The van der Waals surface area contributed by atoms with Crippen LogP contribution in [-0.4, -0.2) is 9.97 Å². The average molecular weight is 344 g/mol. The number of rotatable bonds is 4. The number of halogens is 2. The van der Waals surface area contributed by atoms with Crippen molar-refractivity contribution in [2.75, 3.05) is 5.43 Å². The first kappa shape index (κ1) is 14.0. The molecule has 0 bridgehead atoms. The zero-order valence-electron chi connectivity index (χ0n) is 10.2. The molecule has 0 aliphatic heterocycles. The second-order valence-electron chi connectivity index (χ2n) is 3.68. The van der Waals surface area contributed by atoms with Gasteiger partial charge in [0.25, 0.3) is 0 Å². The van der Waals surface area contributed by atoms with Crippen molar-refractivity contribution in [2.45, 2.75) is 13.3 Å². The number of benzene rings is 1. The normalized spacial score (nSPS) is 10.3. The predicted molar refractivity (Wildman–Crippen MR) is 78.4 cm³/mol. The molecule has 0 spiro atoms. The molecule has 100 valence electrons. The third kappa shape index (κ3) is 3.15. The fraction of sp³-hybridized carbons (Fsp3) is 0.167. The maximum absolute atomic E-state index is 5.89. The zero-order chi connectivity index (χ0) is 13.8. The second kappa shape index (κ2) is 6.18. The van der Waals surface area contributed by atoms with E-state index in [0.29, 0.717) is 28.9 Å². The summed E-state index contributed by atoms with van der Waals surface area (Å²) in [6.45, 7) is 1.98. The summed E-state index contributed by atoms with van der Waals surface area (Å²) in [5.41, 5.74) is 3.34. The second-order valence-corrected chi connectivity index (χ2v) is 4.97. The van der Waals surface area contributed by atoms with Gasteiger partial charge in [-0.2, -0.15) is 0 Å². The molecule has 2 rings (SSSR count). The van der Waals surface area contributed by atoms with E-state index in [4.69, 9.17) is 22.2 Å². The standard InChI is InChI=1S/C12H12BrClN4O/c1-2-8-11(18-15)16-6-17-12(8)19-10-4-3-7(14)5-9(10)13/h3-6H,2,15H2,1H3,(H,16,17,18). The summed E-state index contributed by atoms with van der Waals surface area (Å²) in [5, 5.41) is 0.627. The summed E-state index contributed by atoms with van der Waals surface area (Å²) in [6.07, 6.45) is 2.09. The highest BCUT2D eigenvalue weighted by molar-refractivity contribution is 9.10. The van der Waals surface area contributed by atoms with Gasteiger partial charge in [-0.25, -0.2) is 15.8 Å². The van der Waals surface area contributed by atoms with E-state index in [2.05, 4.69) is 31.3 Å². The summed E-state index contributed by atoms with van der Waals surface area (Å²) in [5.74, 6) is 7.06. The Morgan fingerprint density at radius 2 is 2.21 bits per heavy atom. The van der Waals surface area contributed by atoms with E-state index in [1.165, 1.54) is 6.33 Å². The SMILES string of the molecule is CCc1c(NN)ncnc1Oc1ccc(Cl)cc1Br. The van der Waals surface area contributed by atoms with Crippen LogP contribution in [0.1, 0.15) is 12.5 Å². The molecule has 0 atom stereocenters. The predicted octanol–water partition coefficient (Wildman–Crippen LogP) is 3.53. The number of nitrogen functional groups attached to an aromatic ring is 1. The summed E-state index contributed by atoms with van der Waals surface area (Å²) >= 11 is 9.28. The molecule has 19 heavy (non-hydrogen) atoms. The van der Waals surface area contributed by atoms with Crippen LogP contribution in [0.3, 0.4) is 0 Å². The lowest BCUT2D eigenvalue weighted by Crippen LogP contribution is -2.12. The molecule has 0 unspecified atom stereocenters. The highest BCUT2D eigenvalue weighted by Crippen LogP contribution is 2.33. The van der Waals surface area contributed by atoms with Crippen LogP contribution in [0.15, 0.2) is 29.0 Å². The Morgan fingerprint density at radius 1 is 1.42 bits per heavy atom. The number of nitrogens with zero attached hydrogens (tertiary/aromatic N) is 2. The molecule has 0 aliphatic carbocycles. The number of nitrogens with one attached hydrogen (secondary N) is 1. The Hall–Kier alpha value is -1.37. The number of aromatic nitrogens is 2. The molecular formula is C12H12BrClN4O. The van der Waals surface area contributed by atoms with E-state index in [0.717, 1.165) is 10.0 Å². The van der Waals surface area contributed by atoms with Gasteiger partial charge in [-0.15, -0.1) is 0 Å². The Morgan fingerprint density at radius 3 is 2.84 bits per heavy atom. The molecule has 1 heterocycles. The highest BCUT2D eigenvalue weighted by Gasteiger charge is 2.12. The Labute approximate surface area is 124 Å². The molecular weight excluding hydrogens is 332 g/mol. The maximum Gasteiger partial charge on any atom is 0.227 e. The summed E-state index contributed by atoms with van der Waals surface area (Å²) in [6, 6.07) is 5.27. The molecule has 5 nitrogen and oxygen atoms in total. The molecule has 1 aromatic carbocycles. The number of hydrogen-bond donors (Lipinski definition) is 2. The molecule has 3 N–H and O–H groups in total. The van der Waals surface area contributed by atoms with E-state index in [1.807, 2.05) is 6.92 Å². The topological polar surface area (TPSA) is 73.1 Å². The van der Waals surface area contributed by atoms with Gasteiger partial charge in [0.15, 0.2) is 0 Å². The van der Waals surface area contributed by atoms with Crippen LogP contribution in [0.25, 0.3) is 0 Å². The van der Waals surface area contributed by atoms with Crippen LogP contribution in [0.5, 0.6) is 11.6 Å². The third-order valence-corrected chi connectivity index (χ3v) is 3.35. The van der Waals surface area contributed by atoms with Gasteiger partial charge < -0.3 is 10.2 Å². The Balaban J connectivity index is 2.37. The lowest BCUT2D eigenvalue weighted by Gasteiger charge is -2.12. The quantitative estimate of drug-likeness (QED) is 0.656. The van der Waals surface area contributed by atoms with Gasteiger partial charge in [0.05, 0.1) is 10.0 Å². The van der Waals surface area contributed by atoms with Crippen LogP contribution in [0.2, 0.25) is 5.02 Å². The van der Waals surface area contributed by atoms with Crippen molar-refractivity contribution in [3.05, 3.63) is 39.6 Å². The third-order valence-electron chi connectivity index (χ3n) is 2.50. The van der Waals surface area contributed by atoms with Crippen LogP contribution < -0.4 is 16.0 Å².